The molecule has 7 heteroatoms. The summed E-state index contributed by atoms with van der Waals surface area (Å²) in [6, 6.07) is 1.82. The second-order valence-electron chi connectivity index (χ2n) is 3.44. The Morgan fingerprint density at radius 1 is 1.17 bits per heavy atom. The number of esters is 2. The van der Waals surface area contributed by atoms with Crippen LogP contribution in [-0.2, 0) is 23.9 Å². The quantitative estimate of drug-likeness (QED) is 0.606. The number of carbonyl (C=O) groups is 3. The van der Waals surface area contributed by atoms with Gasteiger partial charge in [0.25, 0.3) is 0 Å². The van der Waals surface area contributed by atoms with E-state index in [1.165, 1.54) is 14.2 Å². The molecule has 0 spiro atoms. The second kappa shape index (κ2) is 8.06. The molecular formula is C11H16N2O5. The molecule has 0 aromatic heterocycles. The van der Waals surface area contributed by atoms with Crippen LogP contribution in [0.3, 0.4) is 0 Å². The van der Waals surface area contributed by atoms with Gasteiger partial charge in [-0.25, -0.2) is 0 Å². The lowest BCUT2D eigenvalue weighted by Gasteiger charge is -2.21. The van der Waals surface area contributed by atoms with E-state index in [4.69, 9.17) is 5.26 Å². The molecule has 1 unspecified atom stereocenters. The molecule has 0 rings (SSSR count). The number of ether oxygens (including phenoxy) is 2. The highest BCUT2D eigenvalue weighted by Crippen LogP contribution is 2.07. The van der Waals surface area contributed by atoms with Gasteiger partial charge in [-0.3, -0.25) is 14.4 Å². The zero-order chi connectivity index (χ0) is 14.1. The van der Waals surface area contributed by atoms with Gasteiger partial charge in [0.1, 0.15) is 19.0 Å². The minimum Gasteiger partial charge on any atom is -0.468 e. The van der Waals surface area contributed by atoms with Gasteiger partial charge < -0.3 is 14.4 Å². The maximum absolute atomic E-state index is 11.9. The van der Waals surface area contributed by atoms with Crippen LogP contribution in [0, 0.1) is 17.2 Å². The van der Waals surface area contributed by atoms with Gasteiger partial charge in [-0.15, -0.1) is 0 Å². The molecule has 0 aliphatic carbocycles. The highest BCUT2D eigenvalue weighted by Gasteiger charge is 2.26. The van der Waals surface area contributed by atoms with Crippen molar-refractivity contribution < 1.29 is 23.9 Å². The molecule has 1 atom stereocenters. The summed E-state index contributed by atoms with van der Waals surface area (Å²) in [7, 11) is 2.34. The Labute approximate surface area is 105 Å². The van der Waals surface area contributed by atoms with Crippen LogP contribution in [0.1, 0.15) is 13.3 Å². The Bertz CT molecular complexity index is 343. The molecule has 0 aliphatic heterocycles. The first-order chi connectivity index (χ1) is 8.49. The molecule has 0 radical (unpaired) electrons. The van der Waals surface area contributed by atoms with Crippen LogP contribution in [0.2, 0.25) is 0 Å². The van der Waals surface area contributed by atoms with Gasteiger partial charge in [0.2, 0.25) is 5.91 Å². The summed E-state index contributed by atoms with van der Waals surface area (Å²) >= 11 is 0. The summed E-state index contributed by atoms with van der Waals surface area (Å²) in [5.41, 5.74) is 0. The fourth-order valence-electron chi connectivity index (χ4n) is 1.19. The first-order valence-corrected chi connectivity index (χ1v) is 5.32. The van der Waals surface area contributed by atoms with Crippen molar-refractivity contribution in [2.24, 2.45) is 5.92 Å². The summed E-state index contributed by atoms with van der Waals surface area (Å²) in [6.07, 6.45) is 0.300. The van der Waals surface area contributed by atoms with Crippen molar-refractivity contribution in [2.45, 2.75) is 13.3 Å². The van der Waals surface area contributed by atoms with Crippen LogP contribution in [0.5, 0.6) is 0 Å². The summed E-state index contributed by atoms with van der Waals surface area (Å²) in [5, 5.41) is 8.80. The maximum Gasteiger partial charge on any atom is 0.325 e. The summed E-state index contributed by atoms with van der Waals surface area (Å²) in [5.74, 6) is -2.81. The predicted molar refractivity (Wildman–Crippen MR) is 60.0 cm³/mol. The van der Waals surface area contributed by atoms with E-state index in [1.807, 2.05) is 6.07 Å². The smallest absolute Gasteiger partial charge is 0.325 e. The van der Waals surface area contributed by atoms with Gasteiger partial charge in [0.15, 0.2) is 0 Å². The number of hydrogen-bond acceptors (Lipinski definition) is 6. The van der Waals surface area contributed by atoms with Gasteiger partial charge >= 0.3 is 11.9 Å². The number of rotatable bonds is 6. The molecule has 1 amide bonds. The van der Waals surface area contributed by atoms with Crippen molar-refractivity contribution in [3.63, 3.8) is 0 Å². The molecule has 18 heavy (non-hydrogen) atoms. The topological polar surface area (TPSA) is 96.7 Å². The van der Waals surface area contributed by atoms with Crippen LogP contribution >= 0.6 is 0 Å². The summed E-state index contributed by atoms with van der Waals surface area (Å²) in [4.78, 5) is 35.1. The van der Waals surface area contributed by atoms with Gasteiger partial charge in [0, 0.05) is 0 Å². The highest BCUT2D eigenvalue weighted by molar-refractivity contribution is 5.88. The zero-order valence-corrected chi connectivity index (χ0v) is 10.6. The lowest BCUT2D eigenvalue weighted by atomic mass is 10.1. The van der Waals surface area contributed by atoms with E-state index in [9.17, 15) is 14.4 Å². The molecule has 0 aromatic carbocycles. The van der Waals surface area contributed by atoms with Gasteiger partial charge in [-0.1, -0.05) is 6.92 Å². The Balaban J connectivity index is 4.85. The largest absolute Gasteiger partial charge is 0.468 e. The first-order valence-electron chi connectivity index (χ1n) is 5.32. The van der Waals surface area contributed by atoms with Crippen molar-refractivity contribution in [2.75, 3.05) is 27.3 Å². The number of methoxy groups -OCH3 is 2. The van der Waals surface area contributed by atoms with E-state index in [0.717, 1.165) is 4.90 Å². The van der Waals surface area contributed by atoms with Crippen LogP contribution in [0.15, 0.2) is 0 Å². The van der Waals surface area contributed by atoms with E-state index in [0.29, 0.717) is 6.42 Å². The molecule has 100 valence electrons. The Morgan fingerprint density at radius 2 is 1.61 bits per heavy atom. The normalized spacial score (nSPS) is 11.0. The minimum atomic E-state index is -0.890. The molecule has 0 bridgehead atoms. The van der Waals surface area contributed by atoms with Gasteiger partial charge in [-0.2, -0.15) is 5.26 Å². The number of nitriles is 1. The number of amides is 1. The lowest BCUT2D eigenvalue weighted by Crippen LogP contribution is -2.43. The molecule has 0 aromatic rings. The van der Waals surface area contributed by atoms with E-state index in [1.54, 1.807) is 6.92 Å². The Kier molecular flexibility index (Phi) is 7.12. The molecule has 0 heterocycles. The van der Waals surface area contributed by atoms with Crippen LogP contribution in [0.25, 0.3) is 0 Å². The van der Waals surface area contributed by atoms with Crippen molar-refractivity contribution >= 4 is 17.8 Å². The SMILES string of the molecule is CCC(C#N)C(=O)N(CC(=O)OC)CC(=O)OC. The monoisotopic (exact) mass is 256 g/mol. The summed E-state index contributed by atoms with van der Waals surface area (Å²) in [6.45, 7) is 0.894. The fourth-order valence-corrected chi connectivity index (χ4v) is 1.19. The zero-order valence-electron chi connectivity index (χ0n) is 10.6. The standard InChI is InChI=1S/C11H16N2O5/c1-4-8(5-12)11(16)13(6-9(14)17-2)7-10(15)18-3/h8H,4,6-7H2,1-3H3. The molecular weight excluding hydrogens is 240 g/mol. The third-order valence-electron chi connectivity index (χ3n) is 2.27. The molecule has 7 nitrogen and oxygen atoms in total. The fraction of sp³-hybridized carbons (Fsp3) is 0.636. The summed E-state index contributed by atoms with van der Waals surface area (Å²) < 4.78 is 8.85. The Morgan fingerprint density at radius 3 is 1.89 bits per heavy atom. The van der Waals surface area contributed by atoms with Crippen molar-refractivity contribution in [1.29, 1.82) is 5.26 Å². The predicted octanol–water partition coefficient (Wildman–Crippen LogP) is -0.289. The van der Waals surface area contributed by atoms with E-state index >= 15 is 0 Å². The molecule has 0 saturated heterocycles. The van der Waals surface area contributed by atoms with Crippen LogP contribution < -0.4 is 0 Å². The van der Waals surface area contributed by atoms with Gasteiger partial charge in [-0.05, 0) is 6.42 Å². The minimum absolute atomic E-state index is 0.300. The number of nitrogens with zero attached hydrogens (tertiary/aromatic N) is 2. The number of carbonyl (C=O) groups excluding carboxylic acids is 3. The molecule has 0 aliphatic rings. The number of hydrogen-bond donors (Lipinski definition) is 0. The Hall–Kier alpha value is -2.10. The highest BCUT2D eigenvalue weighted by atomic mass is 16.5. The van der Waals surface area contributed by atoms with Crippen molar-refractivity contribution in [3.8, 4) is 6.07 Å². The molecule has 0 fully saturated rings. The van der Waals surface area contributed by atoms with E-state index < -0.39 is 23.8 Å². The second-order valence-corrected chi connectivity index (χ2v) is 3.44. The van der Waals surface area contributed by atoms with Crippen LogP contribution in [-0.4, -0.2) is 50.1 Å². The van der Waals surface area contributed by atoms with E-state index in [-0.39, 0.29) is 13.1 Å². The van der Waals surface area contributed by atoms with Crippen molar-refractivity contribution in [1.82, 2.24) is 4.90 Å². The average molecular weight is 256 g/mol. The maximum atomic E-state index is 11.9. The third kappa shape index (κ3) is 4.82. The lowest BCUT2D eigenvalue weighted by molar-refractivity contribution is -0.153. The molecule has 0 saturated carbocycles. The average Bonchev–Trinajstić information content (AvgIpc) is 2.38. The van der Waals surface area contributed by atoms with Gasteiger partial charge in [0.05, 0.1) is 20.3 Å². The molecule has 0 N–H and O–H groups in total. The van der Waals surface area contributed by atoms with Crippen LogP contribution in [0.4, 0.5) is 0 Å². The van der Waals surface area contributed by atoms with E-state index in [2.05, 4.69) is 9.47 Å². The van der Waals surface area contributed by atoms with Crippen molar-refractivity contribution in [3.05, 3.63) is 0 Å². The first kappa shape index (κ1) is 15.9. The third-order valence-corrected chi connectivity index (χ3v) is 2.27.